The van der Waals surface area contributed by atoms with E-state index in [2.05, 4.69) is 85.0 Å². The van der Waals surface area contributed by atoms with Crippen LogP contribution in [0.1, 0.15) is 66.4 Å². The molecule has 1 saturated carbocycles. The molecule has 1 aromatic rings. The van der Waals surface area contributed by atoms with Crippen molar-refractivity contribution in [1.82, 2.24) is 0 Å². The summed E-state index contributed by atoms with van der Waals surface area (Å²) in [6, 6.07) is 10.5. The molecule has 0 unspecified atom stereocenters. The number of aliphatic hydroxyl groups is 1. The van der Waals surface area contributed by atoms with Gasteiger partial charge in [-0.15, -0.1) is 0 Å². The molecule has 1 aromatic carbocycles. The van der Waals surface area contributed by atoms with Gasteiger partial charge in [0, 0.05) is 0 Å². The van der Waals surface area contributed by atoms with Gasteiger partial charge in [0.2, 0.25) is 0 Å². The maximum absolute atomic E-state index is 11.3. The highest BCUT2D eigenvalue weighted by atomic mass is 28.4. The monoisotopic (exact) mass is 416 g/mol. The van der Waals surface area contributed by atoms with Gasteiger partial charge in [0.15, 0.2) is 8.32 Å². The van der Waals surface area contributed by atoms with Gasteiger partial charge in [0.1, 0.15) is 0 Å². The smallest absolute Gasteiger partial charge is 0.192 e. The number of benzene rings is 1. The minimum absolute atomic E-state index is 0.176. The van der Waals surface area contributed by atoms with Crippen LogP contribution in [-0.4, -0.2) is 26.1 Å². The molecule has 2 nitrogen and oxygen atoms in total. The van der Waals surface area contributed by atoms with Gasteiger partial charge in [-0.2, -0.15) is 0 Å². The minimum Gasteiger partial charge on any atom is -0.413 e. The van der Waals surface area contributed by atoms with Crippen molar-refractivity contribution in [2.24, 2.45) is 23.7 Å². The molecule has 2 rings (SSSR count). The standard InChI is InChI=1S/C26H44O2Si/c1-19(2)23-15-14-20(3)16-24(23)25(27)17-22(21-12-10-9-11-13-21)18-28-29(7,8)26(4,5)6/h9-13,17,19-20,23-25,27H,14-16,18H2,1-8H3/b22-17+/t20-,23+,24-,25-/m1/s1. The molecule has 1 N–H and O–H groups in total. The quantitative estimate of drug-likeness (QED) is 0.478. The molecule has 0 amide bonds. The van der Waals surface area contributed by atoms with E-state index in [9.17, 15) is 5.11 Å². The highest BCUT2D eigenvalue weighted by molar-refractivity contribution is 6.74. The third-order valence-electron chi connectivity index (χ3n) is 7.42. The van der Waals surface area contributed by atoms with Gasteiger partial charge >= 0.3 is 0 Å². The molecule has 0 radical (unpaired) electrons. The fourth-order valence-electron chi connectivity index (χ4n) is 4.35. The highest BCUT2D eigenvalue weighted by Crippen LogP contribution is 2.41. The Hall–Kier alpha value is -0.903. The van der Waals surface area contributed by atoms with Crippen LogP contribution >= 0.6 is 0 Å². The largest absolute Gasteiger partial charge is 0.413 e. The predicted octanol–water partition coefficient (Wildman–Crippen LogP) is 7.16. The number of hydrogen-bond donors (Lipinski definition) is 1. The van der Waals surface area contributed by atoms with E-state index in [1.165, 1.54) is 12.8 Å². The van der Waals surface area contributed by atoms with Gasteiger partial charge < -0.3 is 9.53 Å². The van der Waals surface area contributed by atoms with Gasteiger partial charge in [-0.25, -0.2) is 0 Å². The summed E-state index contributed by atoms with van der Waals surface area (Å²) in [5, 5.41) is 11.5. The Labute approximate surface area is 180 Å². The molecule has 0 saturated heterocycles. The third kappa shape index (κ3) is 6.54. The van der Waals surface area contributed by atoms with E-state index in [1.807, 2.05) is 6.07 Å². The van der Waals surface area contributed by atoms with E-state index in [0.717, 1.165) is 17.6 Å². The third-order valence-corrected chi connectivity index (χ3v) is 11.9. The van der Waals surface area contributed by atoms with Crippen molar-refractivity contribution >= 4 is 13.9 Å². The molecule has 0 bridgehead atoms. The first-order chi connectivity index (χ1) is 13.4. The Morgan fingerprint density at radius 2 is 1.76 bits per heavy atom. The molecule has 1 fully saturated rings. The zero-order valence-electron chi connectivity index (χ0n) is 20.0. The second-order valence-corrected chi connectivity index (χ2v) is 15.9. The van der Waals surface area contributed by atoms with Gasteiger partial charge in [0.05, 0.1) is 12.7 Å². The molecule has 0 heterocycles. The lowest BCUT2D eigenvalue weighted by Crippen LogP contribution is -2.41. The zero-order chi connectivity index (χ0) is 21.8. The van der Waals surface area contributed by atoms with Crippen LogP contribution in [0, 0.1) is 23.7 Å². The molecule has 0 aromatic heterocycles. The van der Waals surface area contributed by atoms with Crippen LogP contribution in [-0.2, 0) is 4.43 Å². The van der Waals surface area contributed by atoms with E-state index in [1.54, 1.807) is 0 Å². The van der Waals surface area contributed by atoms with Crippen LogP contribution < -0.4 is 0 Å². The van der Waals surface area contributed by atoms with Crippen LogP contribution in [0.5, 0.6) is 0 Å². The minimum atomic E-state index is -1.86. The number of rotatable bonds is 7. The summed E-state index contributed by atoms with van der Waals surface area (Å²) in [7, 11) is -1.86. The van der Waals surface area contributed by atoms with Crippen molar-refractivity contribution < 1.29 is 9.53 Å². The summed E-state index contributed by atoms with van der Waals surface area (Å²) in [6.07, 6.45) is 5.33. The van der Waals surface area contributed by atoms with E-state index in [-0.39, 0.29) is 5.04 Å². The first-order valence-electron chi connectivity index (χ1n) is 11.5. The SMILES string of the molecule is CC(C)[C@@H]1CC[C@@H](C)C[C@H]1[C@H](O)/C=C(\CO[Si](C)(C)C(C)(C)C)c1ccccc1. The zero-order valence-corrected chi connectivity index (χ0v) is 21.0. The first kappa shape index (κ1) is 24.4. The average Bonchev–Trinajstić information content (AvgIpc) is 2.64. The van der Waals surface area contributed by atoms with Crippen LogP contribution in [0.15, 0.2) is 36.4 Å². The normalized spacial score (nSPS) is 25.3. The maximum atomic E-state index is 11.3. The molecule has 1 aliphatic rings. The molecular formula is C26H44O2Si. The Morgan fingerprint density at radius 1 is 1.14 bits per heavy atom. The van der Waals surface area contributed by atoms with Gasteiger partial charge in [-0.3, -0.25) is 0 Å². The maximum Gasteiger partial charge on any atom is 0.192 e. The molecule has 29 heavy (non-hydrogen) atoms. The van der Waals surface area contributed by atoms with Gasteiger partial charge in [-0.05, 0) is 71.9 Å². The first-order valence-corrected chi connectivity index (χ1v) is 14.4. The lowest BCUT2D eigenvalue weighted by atomic mass is 9.68. The van der Waals surface area contributed by atoms with E-state index in [4.69, 9.17) is 4.43 Å². The lowest BCUT2D eigenvalue weighted by Gasteiger charge is -2.39. The van der Waals surface area contributed by atoms with Gasteiger partial charge in [0.25, 0.3) is 0 Å². The topological polar surface area (TPSA) is 29.5 Å². The van der Waals surface area contributed by atoms with E-state index >= 15 is 0 Å². The summed E-state index contributed by atoms with van der Waals surface area (Å²) >= 11 is 0. The van der Waals surface area contributed by atoms with Crippen LogP contribution in [0.2, 0.25) is 18.1 Å². The number of hydrogen-bond acceptors (Lipinski definition) is 2. The Balaban J connectivity index is 2.29. The summed E-state index contributed by atoms with van der Waals surface area (Å²) in [5.41, 5.74) is 2.29. The Morgan fingerprint density at radius 3 is 2.31 bits per heavy atom. The molecule has 164 valence electrons. The molecule has 0 aliphatic heterocycles. The Bertz CT molecular complexity index is 657. The van der Waals surface area contributed by atoms with Crippen LogP contribution in [0.25, 0.3) is 5.57 Å². The van der Waals surface area contributed by atoms with Crippen molar-refractivity contribution in [3.8, 4) is 0 Å². The fraction of sp³-hybridized carbons (Fsp3) is 0.692. The van der Waals surface area contributed by atoms with Gasteiger partial charge in [-0.1, -0.05) is 78.3 Å². The number of aliphatic hydroxyl groups excluding tert-OH is 1. The summed E-state index contributed by atoms with van der Waals surface area (Å²) < 4.78 is 6.55. The molecule has 4 atom stereocenters. The molecular weight excluding hydrogens is 372 g/mol. The van der Waals surface area contributed by atoms with Crippen molar-refractivity contribution in [2.75, 3.05) is 6.61 Å². The molecule has 3 heteroatoms. The summed E-state index contributed by atoms with van der Waals surface area (Å²) in [5.74, 6) is 2.24. The lowest BCUT2D eigenvalue weighted by molar-refractivity contribution is 0.0427. The van der Waals surface area contributed by atoms with E-state index in [0.29, 0.717) is 30.3 Å². The van der Waals surface area contributed by atoms with E-state index < -0.39 is 14.4 Å². The van der Waals surface area contributed by atoms with Crippen molar-refractivity contribution in [2.45, 2.75) is 85.0 Å². The Kier molecular flexibility index (Phi) is 8.35. The van der Waals surface area contributed by atoms with Crippen LogP contribution in [0.3, 0.4) is 0 Å². The molecule has 1 aliphatic carbocycles. The molecule has 0 spiro atoms. The van der Waals surface area contributed by atoms with Crippen molar-refractivity contribution in [1.29, 1.82) is 0 Å². The average molecular weight is 417 g/mol. The summed E-state index contributed by atoms with van der Waals surface area (Å²) in [6.45, 7) is 18.9. The van der Waals surface area contributed by atoms with Crippen LogP contribution in [0.4, 0.5) is 0 Å². The second-order valence-electron chi connectivity index (χ2n) is 11.1. The highest BCUT2D eigenvalue weighted by Gasteiger charge is 2.38. The predicted molar refractivity (Wildman–Crippen MR) is 128 cm³/mol. The van der Waals surface area contributed by atoms with Crippen molar-refractivity contribution in [3.05, 3.63) is 42.0 Å². The summed E-state index contributed by atoms with van der Waals surface area (Å²) in [4.78, 5) is 0. The fourth-order valence-corrected chi connectivity index (χ4v) is 5.30. The second kappa shape index (κ2) is 9.94. The van der Waals surface area contributed by atoms with Crippen molar-refractivity contribution in [3.63, 3.8) is 0 Å².